The van der Waals surface area contributed by atoms with Crippen LogP contribution in [0.15, 0.2) is 24.5 Å². The number of amides is 1. The number of hydrogen-bond donors (Lipinski definition) is 1. The Labute approximate surface area is 114 Å². The van der Waals surface area contributed by atoms with E-state index in [4.69, 9.17) is 0 Å². The van der Waals surface area contributed by atoms with E-state index in [0.29, 0.717) is 0 Å². The maximum Gasteiger partial charge on any atom is 0.284 e. The van der Waals surface area contributed by atoms with E-state index < -0.39 is 12.1 Å². The quantitative estimate of drug-likeness (QED) is 0.934. The average Bonchev–Trinajstić information content (AvgIpc) is 2.73. The summed E-state index contributed by atoms with van der Waals surface area (Å²) in [5.74, 6) is -0.384. The lowest BCUT2D eigenvalue weighted by atomic mass is 10.2. The second-order valence-corrected chi connectivity index (χ2v) is 4.44. The zero-order chi connectivity index (χ0) is 14.7. The van der Waals surface area contributed by atoms with Gasteiger partial charge in [0.05, 0.1) is 12.1 Å². The molecule has 0 saturated carbocycles. The van der Waals surface area contributed by atoms with Crippen LogP contribution < -0.4 is 5.32 Å². The monoisotopic (exact) mass is 280 g/mol. The number of nitrogens with one attached hydrogen (secondary N) is 1. The molecule has 20 heavy (non-hydrogen) atoms. The van der Waals surface area contributed by atoms with E-state index in [9.17, 15) is 13.6 Å². The molecule has 0 unspecified atom stereocenters. The first-order chi connectivity index (χ1) is 9.45. The molecule has 1 N–H and O–H groups in total. The number of aryl methyl sites for hydroxylation is 2. The molecule has 2 aromatic rings. The maximum atomic E-state index is 12.7. The van der Waals surface area contributed by atoms with Gasteiger partial charge in [-0.2, -0.15) is 5.10 Å². The SMILES string of the molecule is Cc1ccc(CC(=O)Nc2cn(C)nc2C(F)F)cn1. The van der Waals surface area contributed by atoms with Crippen molar-refractivity contribution in [2.24, 2.45) is 7.05 Å². The first-order valence-corrected chi connectivity index (χ1v) is 5.99. The third-order valence-corrected chi connectivity index (χ3v) is 2.68. The van der Waals surface area contributed by atoms with Crippen molar-refractivity contribution < 1.29 is 13.6 Å². The Balaban J connectivity index is 2.06. The molecule has 0 aliphatic carbocycles. The summed E-state index contributed by atoms with van der Waals surface area (Å²) in [7, 11) is 1.52. The van der Waals surface area contributed by atoms with Gasteiger partial charge in [-0.25, -0.2) is 8.78 Å². The number of pyridine rings is 1. The van der Waals surface area contributed by atoms with Crippen molar-refractivity contribution in [3.63, 3.8) is 0 Å². The van der Waals surface area contributed by atoms with Gasteiger partial charge in [0.25, 0.3) is 6.43 Å². The summed E-state index contributed by atoms with van der Waals surface area (Å²) in [6.07, 6.45) is 0.289. The molecule has 0 aliphatic rings. The van der Waals surface area contributed by atoms with Crippen LogP contribution in [0.2, 0.25) is 0 Å². The standard InChI is InChI=1S/C13H14F2N4O/c1-8-3-4-9(6-16-8)5-11(20)17-10-7-19(2)18-12(10)13(14)15/h3-4,6-7,13H,5H2,1-2H3,(H,17,20). The highest BCUT2D eigenvalue weighted by atomic mass is 19.3. The van der Waals surface area contributed by atoms with Crippen LogP contribution in [0.25, 0.3) is 0 Å². The molecular formula is C13H14F2N4O. The minimum Gasteiger partial charge on any atom is -0.323 e. The molecule has 1 amide bonds. The molecule has 5 nitrogen and oxygen atoms in total. The summed E-state index contributed by atoms with van der Waals surface area (Å²) >= 11 is 0. The lowest BCUT2D eigenvalue weighted by Crippen LogP contribution is -2.15. The van der Waals surface area contributed by atoms with Gasteiger partial charge in [-0.1, -0.05) is 6.07 Å². The van der Waals surface area contributed by atoms with Crippen LogP contribution in [-0.2, 0) is 18.3 Å². The summed E-state index contributed by atoms with van der Waals surface area (Å²) in [5, 5.41) is 6.07. The van der Waals surface area contributed by atoms with E-state index in [0.717, 1.165) is 11.3 Å². The van der Waals surface area contributed by atoms with Gasteiger partial charge in [-0.3, -0.25) is 14.5 Å². The molecule has 2 rings (SSSR count). The van der Waals surface area contributed by atoms with E-state index in [-0.39, 0.29) is 18.0 Å². The van der Waals surface area contributed by atoms with E-state index >= 15 is 0 Å². The number of hydrogen-bond acceptors (Lipinski definition) is 3. The number of alkyl halides is 2. The van der Waals surface area contributed by atoms with Gasteiger partial charge in [0.15, 0.2) is 5.69 Å². The number of carbonyl (C=O) groups is 1. The summed E-state index contributed by atoms with van der Waals surface area (Å²) in [5.41, 5.74) is 1.17. The molecule has 2 heterocycles. The Morgan fingerprint density at radius 2 is 2.20 bits per heavy atom. The van der Waals surface area contributed by atoms with Gasteiger partial charge in [0, 0.05) is 25.1 Å². The normalized spacial score (nSPS) is 10.8. The van der Waals surface area contributed by atoms with Gasteiger partial charge >= 0.3 is 0 Å². The summed E-state index contributed by atoms with van der Waals surface area (Å²) in [4.78, 5) is 15.9. The fourth-order valence-electron chi connectivity index (χ4n) is 1.75. The predicted octanol–water partition coefficient (Wildman–Crippen LogP) is 2.24. The second kappa shape index (κ2) is 5.77. The van der Waals surface area contributed by atoms with Crippen molar-refractivity contribution in [1.82, 2.24) is 14.8 Å². The van der Waals surface area contributed by atoms with Crippen LogP contribution in [0.1, 0.15) is 23.4 Å². The van der Waals surface area contributed by atoms with E-state index in [1.54, 1.807) is 18.3 Å². The minimum atomic E-state index is -2.73. The molecule has 106 valence electrons. The highest BCUT2D eigenvalue weighted by Crippen LogP contribution is 2.25. The van der Waals surface area contributed by atoms with Crippen molar-refractivity contribution in [3.05, 3.63) is 41.5 Å². The lowest BCUT2D eigenvalue weighted by molar-refractivity contribution is -0.115. The Hall–Kier alpha value is -2.31. The van der Waals surface area contributed by atoms with E-state index in [1.807, 2.05) is 6.92 Å². The lowest BCUT2D eigenvalue weighted by Gasteiger charge is -2.05. The predicted molar refractivity (Wildman–Crippen MR) is 69.5 cm³/mol. The topological polar surface area (TPSA) is 59.8 Å². The molecule has 0 bridgehead atoms. The minimum absolute atomic E-state index is 0.0348. The van der Waals surface area contributed by atoms with Crippen molar-refractivity contribution >= 4 is 11.6 Å². The van der Waals surface area contributed by atoms with E-state index in [1.165, 1.54) is 17.9 Å². The molecule has 0 radical (unpaired) electrons. The fraction of sp³-hybridized carbons (Fsp3) is 0.308. The van der Waals surface area contributed by atoms with Crippen LogP contribution in [0.4, 0.5) is 14.5 Å². The van der Waals surface area contributed by atoms with Gasteiger partial charge in [0.2, 0.25) is 5.91 Å². The molecule has 0 fully saturated rings. The Bertz CT molecular complexity index is 607. The highest BCUT2D eigenvalue weighted by molar-refractivity contribution is 5.92. The fourth-order valence-corrected chi connectivity index (χ4v) is 1.75. The van der Waals surface area contributed by atoms with E-state index in [2.05, 4.69) is 15.4 Å². The smallest absolute Gasteiger partial charge is 0.284 e. The Morgan fingerprint density at radius 1 is 1.45 bits per heavy atom. The summed E-state index contributed by atoms with van der Waals surface area (Å²) < 4.78 is 26.7. The molecule has 0 aromatic carbocycles. The van der Waals surface area contributed by atoms with Crippen LogP contribution in [0.3, 0.4) is 0 Å². The molecule has 0 atom stereocenters. The van der Waals surface area contributed by atoms with Gasteiger partial charge in [0.1, 0.15) is 0 Å². The molecular weight excluding hydrogens is 266 g/mol. The second-order valence-electron chi connectivity index (χ2n) is 4.44. The Morgan fingerprint density at radius 3 is 2.80 bits per heavy atom. The van der Waals surface area contributed by atoms with Crippen molar-refractivity contribution in [2.45, 2.75) is 19.8 Å². The van der Waals surface area contributed by atoms with Gasteiger partial charge in [-0.05, 0) is 18.6 Å². The third-order valence-electron chi connectivity index (χ3n) is 2.68. The van der Waals surface area contributed by atoms with Crippen LogP contribution in [0, 0.1) is 6.92 Å². The molecule has 0 saturated heterocycles. The van der Waals surface area contributed by atoms with Gasteiger partial charge < -0.3 is 5.32 Å². The first kappa shape index (κ1) is 14.1. The summed E-state index contributed by atoms with van der Waals surface area (Å²) in [6, 6.07) is 3.57. The first-order valence-electron chi connectivity index (χ1n) is 5.99. The van der Waals surface area contributed by atoms with Crippen LogP contribution >= 0.6 is 0 Å². The number of halogens is 2. The zero-order valence-corrected chi connectivity index (χ0v) is 11.1. The number of rotatable bonds is 4. The van der Waals surface area contributed by atoms with Crippen LogP contribution in [-0.4, -0.2) is 20.7 Å². The summed E-state index contributed by atoms with van der Waals surface area (Å²) in [6.45, 7) is 1.84. The van der Waals surface area contributed by atoms with Crippen molar-refractivity contribution in [2.75, 3.05) is 5.32 Å². The largest absolute Gasteiger partial charge is 0.323 e. The maximum absolute atomic E-state index is 12.7. The van der Waals surface area contributed by atoms with Crippen LogP contribution in [0.5, 0.6) is 0 Å². The number of anilines is 1. The molecule has 0 aliphatic heterocycles. The van der Waals surface area contributed by atoms with Crippen molar-refractivity contribution in [1.29, 1.82) is 0 Å². The molecule has 2 aromatic heterocycles. The number of carbonyl (C=O) groups excluding carboxylic acids is 1. The van der Waals surface area contributed by atoms with Gasteiger partial charge in [-0.15, -0.1) is 0 Å². The van der Waals surface area contributed by atoms with Crippen molar-refractivity contribution in [3.8, 4) is 0 Å². The Kier molecular flexibility index (Phi) is 4.07. The number of aromatic nitrogens is 3. The molecule has 0 spiro atoms. The highest BCUT2D eigenvalue weighted by Gasteiger charge is 2.19. The molecule has 7 heteroatoms. The average molecular weight is 280 g/mol. The number of nitrogens with zero attached hydrogens (tertiary/aromatic N) is 3. The third kappa shape index (κ3) is 3.37. The zero-order valence-electron chi connectivity index (χ0n) is 11.1.